The topological polar surface area (TPSA) is 67.2 Å². The van der Waals surface area contributed by atoms with E-state index in [1.165, 1.54) is 0 Å². The van der Waals surface area contributed by atoms with Crippen LogP contribution in [0.25, 0.3) is 11.9 Å². The van der Waals surface area contributed by atoms with E-state index in [1.807, 2.05) is 45.3 Å². The molecule has 8 heteroatoms. The van der Waals surface area contributed by atoms with Gasteiger partial charge in [-0.05, 0) is 17.5 Å². The number of imidazole rings is 1. The molecule has 0 bridgehead atoms. The van der Waals surface area contributed by atoms with Gasteiger partial charge in [0.15, 0.2) is 0 Å². The van der Waals surface area contributed by atoms with Crippen LogP contribution in [0.2, 0.25) is 0 Å². The third-order valence-corrected chi connectivity index (χ3v) is 5.09. The van der Waals surface area contributed by atoms with Crippen molar-refractivity contribution >= 4 is 29.1 Å². The van der Waals surface area contributed by atoms with Crippen LogP contribution in [0.5, 0.6) is 0 Å². The molecular weight excluding hydrogens is 348 g/mol. The number of piperazine rings is 1. The Kier molecular flexibility index (Phi) is 4.74. The Labute approximate surface area is 155 Å². The molecule has 1 saturated heterocycles. The lowest BCUT2D eigenvalue weighted by atomic mass is 10.3. The molecule has 0 aliphatic carbocycles. The maximum atomic E-state index is 12.3. The lowest BCUT2D eigenvalue weighted by molar-refractivity contribution is -0.126. The van der Waals surface area contributed by atoms with Crippen molar-refractivity contribution in [2.45, 2.75) is 0 Å². The Bertz CT molecular complexity index is 882. The Hall–Kier alpha value is -3.00. The number of nitrogens with zero attached hydrogens (tertiary/aromatic N) is 6. The van der Waals surface area contributed by atoms with Gasteiger partial charge in [0.1, 0.15) is 24.3 Å². The second kappa shape index (κ2) is 7.49. The summed E-state index contributed by atoms with van der Waals surface area (Å²) in [4.78, 5) is 30.2. The van der Waals surface area contributed by atoms with Crippen LogP contribution in [0.4, 0.5) is 5.82 Å². The van der Waals surface area contributed by atoms with Gasteiger partial charge in [-0.3, -0.25) is 9.36 Å². The van der Waals surface area contributed by atoms with Crippen molar-refractivity contribution in [1.29, 1.82) is 0 Å². The van der Waals surface area contributed by atoms with Gasteiger partial charge >= 0.3 is 0 Å². The van der Waals surface area contributed by atoms with Gasteiger partial charge in [-0.2, -0.15) is 0 Å². The van der Waals surface area contributed by atoms with E-state index in [0.29, 0.717) is 13.1 Å². The summed E-state index contributed by atoms with van der Waals surface area (Å²) in [5.74, 6) is 1.70. The highest BCUT2D eigenvalue weighted by molar-refractivity contribution is 7.10. The van der Waals surface area contributed by atoms with Crippen molar-refractivity contribution in [2.75, 3.05) is 31.1 Å². The van der Waals surface area contributed by atoms with Crippen LogP contribution in [-0.2, 0) is 4.79 Å². The third-order valence-electron chi connectivity index (χ3n) is 4.26. The van der Waals surface area contributed by atoms with Crippen molar-refractivity contribution in [3.05, 3.63) is 59.6 Å². The molecule has 3 aromatic rings. The molecule has 4 rings (SSSR count). The SMILES string of the molecule is O=C(/C=C/c1cccs1)N1CCN(c2cc(-n3ccnc3)ncn2)CC1. The van der Waals surface area contributed by atoms with E-state index in [-0.39, 0.29) is 5.91 Å². The Morgan fingerprint density at radius 3 is 2.73 bits per heavy atom. The zero-order valence-electron chi connectivity index (χ0n) is 14.1. The van der Waals surface area contributed by atoms with Crippen LogP contribution in [0.1, 0.15) is 4.88 Å². The van der Waals surface area contributed by atoms with Gasteiger partial charge in [0, 0.05) is 55.6 Å². The van der Waals surface area contributed by atoms with Gasteiger partial charge in [0.2, 0.25) is 5.91 Å². The van der Waals surface area contributed by atoms with Gasteiger partial charge in [0.25, 0.3) is 0 Å². The Morgan fingerprint density at radius 2 is 2.00 bits per heavy atom. The number of carbonyl (C=O) groups excluding carboxylic acids is 1. The summed E-state index contributed by atoms with van der Waals surface area (Å²) in [7, 11) is 0. The normalized spacial score (nSPS) is 14.9. The average Bonchev–Trinajstić information content (AvgIpc) is 3.40. The monoisotopic (exact) mass is 366 g/mol. The number of hydrogen-bond donors (Lipinski definition) is 0. The number of thiophene rings is 1. The van der Waals surface area contributed by atoms with Gasteiger partial charge in [0.05, 0.1) is 0 Å². The highest BCUT2D eigenvalue weighted by atomic mass is 32.1. The number of aromatic nitrogens is 4. The van der Waals surface area contributed by atoms with Gasteiger partial charge in [-0.1, -0.05) is 6.07 Å². The Morgan fingerprint density at radius 1 is 1.15 bits per heavy atom. The molecule has 3 aromatic heterocycles. The van der Waals surface area contributed by atoms with Crippen LogP contribution in [-0.4, -0.2) is 56.5 Å². The van der Waals surface area contributed by atoms with E-state index in [2.05, 4.69) is 19.9 Å². The first-order valence-corrected chi connectivity index (χ1v) is 9.23. The first-order chi connectivity index (χ1) is 12.8. The maximum absolute atomic E-state index is 12.3. The number of hydrogen-bond acceptors (Lipinski definition) is 6. The van der Waals surface area contributed by atoms with Crippen LogP contribution < -0.4 is 4.90 Å². The summed E-state index contributed by atoms with van der Waals surface area (Å²) >= 11 is 1.62. The molecule has 7 nitrogen and oxygen atoms in total. The number of carbonyl (C=O) groups is 1. The van der Waals surface area contributed by atoms with E-state index in [9.17, 15) is 4.79 Å². The predicted molar refractivity (Wildman–Crippen MR) is 101 cm³/mol. The zero-order valence-corrected chi connectivity index (χ0v) is 14.9. The van der Waals surface area contributed by atoms with E-state index < -0.39 is 0 Å². The zero-order chi connectivity index (χ0) is 17.8. The van der Waals surface area contributed by atoms with Crippen molar-refractivity contribution < 1.29 is 4.79 Å². The molecule has 4 heterocycles. The number of rotatable bonds is 4. The molecule has 0 aromatic carbocycles. The first kappa shape index (κ1) is 16.5. The summed E-state index contributed by atoms with van der Waals surface area (Å²) < 4.78 is 1.85. The molecule has 0 N–H and O–H groups in total. The van der Waals surface area contributed by atoms with Gasteiger partial charge in [-0.25, -0.2) is 15.0 Å². The van der Waals surface area contributed by atoms with Crippen molar-refractivity contribution in [3.63, 3.8) is 0 Å². The summed E-state index contributed by atoms with van der Waals surface area (Å²) in [6, 6.07) is 5.92. The minimum atomic E-state index is 0.0554. The molecular formula is C18H18N6OS. The molecule has 0 unspecified atom stereocenters. The highest BCUT2D eigenvalue weighted by Gasteiger charge is 2.21. The largest absolute Gasteiger partial charge is 0.353 e. The molecule has 132 valence electrons. The Balaban J connectivity index is 1.38. The van der Waals surface area contributed by atoms with Crippen LogP contribution in [0.15, 0.2) is 54.7 Å². The summed E-state index contributed by atoms with van der Waals surface area (Å²) in [6.45, 7) is 2.86. The quantitative estimate of drug-likeness (QED) is 0.662. The molecule has 0 atom stereocenters. The second-order valence-corrected chi connectivity index (χ2v) is 6.84. The average molecular weight is 366 g/mol. The van der Waals surface area contributed by atoms with Crippen molar-refractivity contribution in [3.8, 4) is 5.82 Å². The standard InChI is InChI=1S/C18H18N6OS/c25-18(4-3-15-2-1-11-26-15)23-9-7-22(8-10-23)16-12-17(21-13-20-16)24-6-5-19-14-24/h1-6,11-14H,7-10H2/b4-3+. The van der Waals surface area contributed by atoms with Crippen LogP contribution in [0.3, 0.4) is 0 Å². The molecule has 1 aliphatic heterocycles. The van der Waals surface area contributed by atoms with Gasteiger partial charge in [-0.15, -0.1) is 11.3 Å². The molecule has 1 fully saturated rings. The van der Waals surface area contributed by atoms with E-state index in [4.69, 9.17) is 0 Å². The van der Waals surface area contributed by atoms with Gasteiger partial charge < -0.3 is 9.80 Å². The van der Waals surface area contributed by atoms with E-state index in [0.717, 1.165) is 29.6 Å². The summed E-state index contributed by atoms with van der Waals surface area (Å²) in [6.07, 6.45) is 10.4. The second-order valence-electron chi connectivity index (χ2n) is 5.87. The number of amides is 1. The lowest BCUT2D eigenvalue weighted by Crippen LogP contribution is -2.48. The molecule has 1 amide bonds. The highest BCUT2D eigenvalue weighted by Crippen LogP contribution is 2.16. The summed E-state index contributed by atoms with van der Waals surface area (Å²) in [5.41, 5.74) is 0. The fourth-order valence-electron chi connectivity index (χ4n) is 2.85. The molecule has 0 radical (unpaired) electrons. The van der Waals surface area contributed by atoms with Crippen LogP contribution >= 0.6 is 11.3 Å². The first-order valence-electron chi connectivity index (χ1n) is 8.35. The predicted octanol–water partition coefficient (Wildman–Crippen LogP) is 2.09. The molecule has 0 spiro atoms. The minimum absolute atomic E-state index is 0.0554. The smallest absolute Gasteiger partial charge is 0.246 e. The maximum Gasteiger partial charge on any atom is 0.246 e. The molecule has 0 saturated carbocycles. The van der Waals surface area contributed by atoms with Crippen molar-refractivity contribution in [1.82, 2.24) is 24.4 Å². The molecule has 26 heavy (non-hydrogen) atoms. The molecule has 1 aliphatic rings. The fourth-order valence-corrected chi connectivity index (χ4v) is 3.46. The fraction of sp³-hybridized carbons (Fsp3) is 0.222. The minimum Gasteiger partial charge on any atom is -0.353 e. The van der Waals surface area contributed by atoms with Crippen molar-refractivity contribution in [2.24, 2.45) is 0 Å². The lowest BCUT2D eigenvalue weighted by Gasteiger charge is -2.35. The third kappa shape index (κ3) is 3.65. The van der Waals surface area contributed by atoms with Crippen LogP contribution in [0, 0.1) is 0 Å². The van der Waals surface area contributed by atoms with E-state index >= 15 is 0 Å². The van der Waals surface area contributed by atoms with E-state index in [1.54, 1.807) is 36.3 Å². The summed E-state index contributed by atoms with van der Waals surface area (Å²) in [5, 5.41) is 2.00. The number of anilines is 1.